The summed E-state index contributed by atoms with van der Waals surface area (Å²) in [6.45, 7) is 7.34. The maximum Gasteiger partial charge on any atom is 0.251 e. The van der Waals surface area contributed by atoms with E-state index in [-0.39, 0.29) is 12.0 Å². The number of ether oxygens (including phenoxy) is 1. The number of anilines is 1. The number of fused-ring (bicyclic) bond motifs is 1. The number of nitrogens with zero attached hydrogens (tertiary/aromatic N) is 1. The monoisotopic (exact) mass is 289 g/mol. The summed E-state index contributed by atoms with van der Waals surface area (Å²) in [4.78, 5) is 14.6. The molecule has 1 amide bonds. The smallest absolute Gasteiger partial charge is 0.251 e. The molecular weight excluding hydrogens is 266 g/mol. The number of nitrogens with one attached hydrogen (secondary N) is 2. The number of rotatable bonds is 4. The third-order valence-electron chi connectivity index (χ3n) is 4.24. The molecule has 3 rings (SSSR count). The first kappa shape index (κ1) is 14.4. The van der Waals surface area contributed by atoms with Crippen LogP contribution in [-0.4, -0.2) is 56.2 Å². The highest BCUT2D eigenvalue weighted by molar-refractivity contribution is 5.95. The standard InChI is InChI=1S/C16H23N3O2/c1-2-19-7-8-21-14(11-19)10-18-16(20)13-4-3-12-5-6-17-15(12)9-13/h3-4,9,14,17H,2,5-8,10-11H2,1H3,(H,18,20). The molecule has 0 radical (unpaired) electrons. The molecule has 1 fully saturated rings. The topological polar surface area (TPSA) is 53.6 Å². The van der Waals surface area contributed by atoms with E-state index in [0.29, 0.717) is 12.1 Å². The molecule has 1 aromatic carbocycles. The van der Waals surface area contributed by atoms with Gasteiger partial charge in [0.25, 0.3) is 5.91 Å². The van der Waals surface area contributed by atoms with E-state index in [9.17, 15) is 4.79 Å². The Hall–Kier alpha value is -1.59. The SMILES string of the molecule is CCN1CCOC(CNC(=O)c2ccc3c(c2)NCC3)C1. The van der Waals surface area contributed by atoms with Crippen LogP contribution >= 0.6 is 0 Å². The number of likely N-dealkylation sites (N-methyl/N-ethyl adjacent to an activating group) is 1. The third-order valence-corrected chi connectivity index (χ3v) is 4.24. The van der Waals surface area contributed by atoms with Gasteiger partial charge in [-0.15, -0.1) is 0 Å². The van der Waals surface area contributed by atoms with E-state index >= 15 is 0 Å². The highest BCUT2D eigenvalue weighted by atomic mass is 16.5. The number of carbonyl (C=O) groups excluding carboxylic acids is 1. The number of hydrogen-bond donors (Lipinski definition) is 2. The number of hydrogen-bond acceptors (Lipinski definition) is 4. The molecule has 2 aliphatic heterocycles. The summed E-state index contributed by atoms with van der Waals surface area (Å²) in [7, 11) is 0. The van der Waals surface area contributed by atoms with Crippen LogP contribution < -0.4 is 10.6 Å². The van der Waals surface area contributed by atoms with Crippen molar-refractivity contribution in [2.75, 3.05) is 44.6 Å². The van der Waals surface area contributed by atoms with Crippen LogP contribution in [0.15, 0.2) is 18.2 Å². The fraction of sp³-hybridized carbons (Fsp3) is 0.562. The van der Waals surface area contributed by atoms with E-state index in [0.717, 1.165) is 44.9 Å². The Bertz CT molecular complexity index is 518. The van der Waals surface area contributed by atoms with Crippen LogP contribution in [0.3, 0.4) is 0 Å². The number of morpholine rings is 1. The summed E-state index contributed by atoms with van der Waals surface area (Å²) in [5.41, 5.74) is 3.10. The normalized spacial score (nSPS) is 21.7. The molecule has 5 heteroatoms. The molecule has 2 aliphatic rings. The summed E-state index contributed by atoms with van der Waals surface area (Å²) >= 11 is 0. The van der Waals surface area contributed by atoms with Crippen molar-refractivity contribution < 1.29 is 9.53 Å². The van der Waals surface area contributed by atoms with Crippen LogP contribution in [0.1, 0.15) is 22.8 Å². The van der Waals surface area contributed by atoms with Crippen molar-refractivity contribution in [3.63, 3.8) is 0 Å². The van der Waals surface area contributed by atoms with E-state index < -0.39 is 0 Å². The molecular formula is C16H23N3O2. The van der Waals surface area contributed by atoms with Gasteiger partial charge >= 0.3 is 0 Å². The zero-order valence-corrected chi connectivity index (χ0v) is 12.5. The van der Waals surface area contributed by atoms with Crippen molar-refractivity contribution in [2.45, 2.75) is 19.4 Å². The Morgan fingerprint density at radius 2 is 2.43 bits per heavy atom. The van der Waals surface area contributed by atoms with Gasteiger partial charge < -0.3 is 15.4 Å². The van der Waals surface area contributed by atoms with E-state index in [4.69, 9.17) is 4.74 Å². The summed E-state index contributed by atoms with van der Waals surface area (Å²) in [5, 5.41) is 6.29. The first-order valence-corrected chi connectivity index (χ1v) is 7.75. The fourth-order valence-corrected chi connectivity index (χ4v) is 2.93. The molecule has 0 aliphatic carbocycles. The molecule has 0 saturated carbocycles. The molecule has 1 unspecified atom stereocenters. The van der Waals surface area contributed by atoms with Crippen LogP contribution in [0.25, 0.3) is 0 Å². The molecule has 5 nitrogen and oxygen atoms in total. The van der Waals surface area contributed by atoms with Gasteiger partial charge in [0.15, 0.2) is 0 Å². The maximum absolute atomic E-state index is 12.2. The lowest BCUT2D eigenvalue weighted by atomic mass is 10.1. The van der Waals surface area contributed by atoms with Gasteiger partial charge in [-0.3, -0.25) is 9.69 Å². The summed E-state index contributed by atoms with van der Waals surface area (Å²) in [6.07, 6.45) is 1.13. The summed E-state index contributed by atoms with van der Waals surface area (Å²) in [6, 6.07) is 5.89. The molecule has 0 spiro atoms. The van der Waals surface area contributed by atoms with Gasteiger partial charge in [0, 0.05) is 37.4 Å². The molecule has 1 aromatic rings. The lowest BCUT2D eigenvalue weighted by molar-refractivity contribution is -0.0246. The van der Waals surface area contributed by atoms with Gasteiger partial charge in [0.1, 0.15) is 0 Å². The van der Waals surface area contributed by atoms with Crippen LogP contribution in [-0.2, 0) is 11.2 Å². The lowest BCUT2D eigenvalue weighted by Gasteiger charge is -2.32. The molecule has 1 saturated heterocycles. The minimum atomic E-state index is -0.0243. The molecule has 0 aromatic heterocycles. The van der Waals surface area contributed by atoms with Gasteiger partial charge in [-0.25, -0.2) is 0 Å². The molecule has 0 bridgehead atoms. The number of benzene rings is 1. The predicted octanol–water partition coefficient (Wildman–Crippen LogP) is 1.11. The van der Waals surface area contributed by atoms with Gasteiger partial charge in [0.2, 0.25) is 0 Å². The highest BCUT2D eigenvalue weighted by Gasteiger charge is 2.20. The average molecular weight is 289 g/mol. The fourth-order valence-electron chi connectivity index (χ4n) is 2.93. The molecule has 2 heterocycles. The van der Waals surface area contributed by atoms with E-state index in [2.05, 4.69) is 22.5 Å². The Balaban J connectivity index is 1.54. The first-order valence-electron chi connectivity index (χ1n) is 7.75. The number of carbonyl (C=O) groups is 1. The van der Waals surface area contributed by atoms with Crippen molar-refractivity contribution in [2.24, 2.45) is 0 Å². The molecule has 1 atom stereocenters. The zero-order chi connectivity index (χ0) is 14.7. The lowest BCUT2D eigenvalue weighted by Crippen LogP contribution is -2.47. The summed E-state index contributed by atoms with van der Waals surface area (Å²) in [5.74, 6) is -0.0243. The summed E-state index contributed by atoms with van der Waals surface area (Å²) < 4.78 is 5.70. The van der Waals surface area contributed by atoms with E-state index in [1.807, 2.05) is 18.2 Å². The van der Waals surface area contributed by atoms with Crippen molar-refractivity contribution >= 4 is 11.6 Å². The molecule has 114 valence electrons. The van der Waals surface area contributed by atoms with E-state index in [1.165, 1.54) is 5.56 Å². The first-order chi connectivity index (χ1) is 10.3. The van der Waals surface area contributed by atoms with E-state index in [1.54, 1.807) is 0 Å². The van der Waals surface area contributed by atoms with Crippen LogP contribution in [0.5, 0.6) is 0 Å². The Morgan fingerprint density at radius 1 is 1.52 bits per heavy atom. The second kappa shape index (κ2) is 6.45. The van der Waals surface area contributed by atoms with Crippen molar-refractivity contribution in [3.05, 3.63) is 29.3 Å². The van der Waals surface area contributed by atoms with Gasteiger partial charge in [-0.2, -0.15) is 0 Å². The molecule has 2 N–H and O–H groups in total. The average Bonchev–Trinajstić information content (AvgIpc) is 3.00. The Labute approximate surface area is 125 Å². The highest BCUT2D eigenvalue weighted by Crippen LogP contribution is 2.23. The van der Waals surface area contributed by atoms with Crippen LogP contribution in [0.2, 0.25) is 0 Å². The van der Waals surface area contributed by atoms with Gasteiger partial charge in [-0.1, -0.05) is 13.0 Å². The number of amides is 1. The molecule has 21 heavy (non-hydrogen) atoms. The Morgan fingerprint density at radius 3 is 3.29 bits per heavy atom. The minimum Gasteiger partial charge on any atom is -0.384 e. The Kier molecular flexibility index (Phi) is 4.41. The second-order valence-electron chi connectivity index (χ2n) is 5.64. The van der Waals surface area contributed by atoms with Crippen LogP contribution in [0.4, 0.5) is 5.69 Å². The predicted molar refractivity (Wildman–Crippen MR) is 82.8 cm³/mol. The third kappa shape index (κ3) is 3.36. The van der Waals surface area contributed by atoms with Gasteiger partial charge in [0.05, 0.1) is 12.7 Å². The minimum absolute atomic E-state index is 0.0243. The van der Waals surface area contributed by atoms with Crippen molar-refractivity contribution in [1.29, 1.82) is 0 Å². The van der Waals surface area contributed by atoms with Crippen LogP contribution in [0, 0.1) is 0 Å². The van der Waals surface area contributed by atoms with Crippen molar-refractivity contribution in [1.82, 2.24) is 10.2 Å². The van der Waals surface area contributed by atoms with Gasteiger partial charge in [-0.05, 0) is 30.7 Å². The largest absolute Gasteiger partial charge is 0.384 e. The second-order valence-corrected chi connectivity index (χ2v) is 5.64. The quantitative estimate of drug-likeness (QED) is 0.872. The van der Waals surface area contributed by atoms with Crippen molar-refractivity contribution in [3.8, 4) is 0 Å². The zero-order valence-electron chi connectivity index (χ0n) is 12.5. The maximum atomic E-state index is 12.2.